The number of anilines is 2. The molecular formula is C24H17F6N9. The summed E-state index contributed by atoms with van der Waals surface area (Å²) in [6.07, 6.45) is -0.470. The molecule has 0 saturated heterocycles. The van der Waals surface area contributed by atoms with Crippen molar-refractivity contribution in [2.45, 2.75) is 24.7 Å². The van der Waals surface area contributed by atoms with Gasteiger partial charge in [0.1, 0.15) is 11.6 Å². The topological polar surface area (TPSA) is 91.3 Å². The Morgan fingerprint density at radius 1 is 1.00 bits per heavy atom. The third kappa shape index (κ3) is 4.09. The zero-order valence-electron chi connectivity index (χ0n) is 19.9. The smallest absolute Gasteiger partial charge is 0.342 e. The minimum atomic E-state index is -4.94. The summed E-state index contributed by atoms with van der Waals surface area (Å²) >= 11 is 0. The van der Waals surface area contributed by atoms with Gasteiger partial charge in [0.2, 0.25) is 11.8 Å². The highest BCUT2D eigenvalue weighted by molar-refractivity contribution is 5.69. The maximum atomic E-state index is 15.4. The van der Waals surface area contributed by atoms with Crippen molar-refractivity contribution >= 4 is 11.8 Å². The van der Waals surface area contributed by atoms with Crippen LogP contribution in [0.4, 0.5) is 38.1 Å². The Hall–Kier alpha value is -4.69. The van der Waals surface area contributed by atoms with Crippen LogP contribution in [0.5, 0.6) is 0 Å². The van der Waals surface area contributed by atoms with Crippen LogP contribution in [-0.2, 0) is 19.5 Å². The maximum absolute atomic E-state index is 15.4. The molecule has 0 amide bonds. The first kappa shape index (κ1) is 24.6. The second-order valence-corrected chi connectivity index (χ2v) is 8.83. The highest BCUT2D eigenvalue weighted by Crippen LogP contribution is 2.45. The molecule has 0 unspecified atom stereocenters. The van der Waals surface area contributed by atoms with Crippen molar-refractivity contribution in [1.82, 2.24) is 39.1 Å². The summed E-state index contributed by atoms with van der Waals surface area (Å²) in [5.41, 5.74) is -0.214. The maximum Gasteiger partial charge on any atom is 0.410 e. The number of rotatable bonds is 5. The quantitative estimate of drug-likeness (QED) is 0.310. The Morgan fingerprint density at radius 2 is 1.79 bits per heavy atom. The van der Waals surface area contributed by atoms with E-state index in [-0.39, 0.29) is 11.6 Å². The Morgan fingerprint density at radius 3 is 2.51 bits per heavy atom. The van der Waals surface area contributed by atoms with Crippen LogP contribution in [-0.4, -0.2) is 45.3 Å². The average Bonchev–Trinajstić information content (AvgIpc) is 3.61. The molecule has 15 heteroatoms. The molecule has 1 atom stereocenters. The van der Waals surface area contributed by atoms with E-state index in [0.29, 0.717) is 21.6 Å². The Bertz CT molecular complexity index is 1680. The molecular weight excluding hydrogens is 528 g/mol. The number of aryl methyl sites for hydroxylation is 1. The number of aromatic nitrogens is 8. The van der Waals surface area contributed by atoms with Crippen LogP contribution in [0, 0.1) is 5.82 Å². The van der Waals surface area contributed by atoms with Crippen molar-refractivity contribution in [1.29, 1.82) is 0 Å². The van der Waals surface area contributed by atoms with Crippen molar-refractivity contribution in [3.63, 3.8) is 0 Å². The summed E-state index contributed by atoms with van der Waals surface area (Å²) < 4.78 is 90.9. The number of nitrogens with zero attached hydrogens (tertiary/aromatic N) is 8. The summed E-state index contributed by atoms with van der Waals surface area (Å²) in [6.45, 7) is -0.727. The van der Waals surface area contributed by atoms with Crippen molar-refractivity contribution in [3.8, 4) is 22.8 Å². The van der Waals surface area contributed by atoms with Crippen molar-refractivity contribution < 1.29 is 26.3 Å². The Balaban J connectivity index is 1.44. The van der Waals surface area contributed by atoms with Crippen LogP contribution in [0.25, 0.3) is 22.8 Å². The number of nitrogens with one attached hydrogen (secondary N) is 1. The summed E-state index contributed by atoms with van der Waals surface area (Å²) in [5.74, 6) is -6.37. The molecule has 1 aromatic carbocycles. The molecule has 1 N–H and O–H groups in total. The van der Waals surface area contributed by atoms with Crippen LogP contribution in [0.15, 0.2) is 61.1 Å². The third-order valence-corrected chi connectivity index (χ3v) is 6.39. The lowest BCUT2D eigenvalue weighted by atomic mass is 10.1. The highest BCUT2D eigenvalue weighted by Gasteiger charge is 2.51. The summed E-state index contributed by atoms with van der Waals surface area (Å²) in [7, 11) is 1.71. The molecule has 0 radical (unpaired) electrons. The van der Waals surface area contributed by atoms with Crippen molar-refractivity contribution in [3.05, 3.63) is 78.3 Å². The van der Waals surface area contributed by atoms with Crippen molar-refractivity contribution in [2.24, 2.45) is 7.05 Å². The van der Waals surface area contributed by atoms with Gasteiger partial charge in [-0.1, -0.05) is 12.1 Å². The third-order valence-electron chi connectivity index (χ3n) is 6.39. The molecule has 0 saturated carbocycles. The molecule has 1 aliphatic heterocycles. The zero-order chi connectivity index (χ0) is 27.5. The molecule has 39 heavy (non-hydrogen) atoms. The monoisotopic (exact) mass is 545 g/mol. The first-order valence-corrected chi connectivity index (χ1v) is 11.5. The number of benzene rings is 1. The normalized spacial score (nSPS) is 15.2. The Kier molecular flexibility index (Phi) is 5.48. The number of fused-ring (bicyclic) bond motifs is 3. The standard InChI is InChI=1S/C24H17F6N9/c1-37-19(7-9-32-37)34-22-31-8-6-16(33-22)13-10-17-20-35-36-21(23(26,27)14-4-2-3-5-15(14)25)39(20)18(24(28,29)30)12-38(17)11-13/h2-11,18H,12H2,1H3,(H,31,33,34)/t18-/m1/s1. The molecule has 4 aromatic heterocycles. The molecule has 200 valence electrons. The van der Waals surface area contributed by atoms with Gasteiger partial charge in [-0.3, -0.25) is 9.25 Å². The number of halogens is 6. The molecule has 6 rings (SSSR count). The number of hydrogen-bond donors (Lipinski definition) is 1. The summed E-state index contributed by atoms with van der Waals surface area (Å²) in [6, 6.07) is 6.28. The molecule has 0 spiro atoms. The van der Waals surface area contributed by atoms with Crippen LogP contribution < -0.4 is 5.32 Å². The van der Waals surface area contributed by atoms with Gasteiger partial charge in [-0.15, -0.1) is 10.2 Å². The Labute approximate surface area is 215 Å². The van der Waals surface area contributed by atoms with Crippen LogP contribution in [0.2, 0.25) is 0 Å². The van der Waals surface area contributed by atoms with Gasteiger partial charge in [0.15, 0.2) is 11.9 Å². The van der Waals surface area contributed by atoms with Gasteiger partial charge in [-0.05, 0) is 24.3 Å². The predicted molar refractivity (Wildman–Crippen MR) is 125 cm³/mol. The zero-order valence-corrected chi connectivity index (χ0v) is 19.9. The lowest BCUT2D eigenvalue weighted by Gasteiger charge is -2.31. The van der Waals surface area contributed by atoms with E-state index in [9.17, 15) is 17.6 Å². The van der Waals surface area contributed by atoms with E-state index >= 15 is 8.78 Å². The lowest BCUT2D eigenvalue weighted by Crippen LogP contribution is -2.37. The first-order valence-electron chi connectivity index (χ1n) is 11.5. The molecule has 0 aliphatic carbocycles. The molecule has 0 bridgehead atoms. The van der Waals surface area contributed by atoms with E-state index in [1.165, 1.54) is 29.1 Å². The highest BCUT2D eigenvalue weighted by atomic mass is 19.4. The van der Waals surface area contributed by atoms with Crippen LogP contribution >= 0.6 is 0 Å². The molecule has 0 fully saturated rings. The van der Waals surface area contributed by atoms with Gasteiger partial charge in [0, 0.05) is 31.1 Å². The van der Waals surface area contributed by atoms with Gasteiger partial charge in [0.05, 0.1) is 29.7 Å². The first-order chi connectivity index (χ1) is 18.5. The fourth-order valence-corrected chi connectivity index (χ4v) is 4.51. The van der Waals surface area contributed by atoms with Crippen LogP contribution in [0.1, 0.15) is 17.4 Å². The second kappa shape index (κ2) is 8.68. The van der Waals surface area contributed by atoms with E-state index in [4.69, 9.17) is 0 Å². The largest absolute Gasteiger partial charge is 0.410 e. The SMILES string of the molecule is Cn1nccc1Nc1nccc(-c2cc3n(c2)C[C@H](C(F)(F)F)n2c-3nnc2C(F)(F)c2ccccc2F)n1. The summed E-state index contributed by atoms with van der Waals surface area (Å²) in [4.78, 5) is 8.57. The van der Waals surface area contributed by atoms with Crippen molar-refractivity contribution in [2.75, 3.05) is 5.32 Å². The van der Waals surface area contributed by atoms with Crippen LogP contribution in [0.3, 0.4) is 0 Å². The fourth-order valence-electron chi connectivity index (χ4n) is 4.51. The molecule has 1 aliphatic rings. The van der Waals surface area contributed by atoms with Gasteiger partial charge in [0.25, 0.3) is 0 Å². The average molecular weight is 545 g/mol. The fraction of sp³-hybridized carbons (Fsp3) is 0.208. The van der Waals surface area contributed by atoms with E-state index in [1.54, 1.807) is 30.1 Å². The van der Waals surface area contributed by atoms with Gasteiger partial charge in [-0.2, -0.15) is 27.1 Å². The van der Waals surface area contributed by atoms with Gasteiger partial charge >= 0.3 is 12.1 Å². The van der Waals surface area contributed by atoms with Gasteiger partial charge < -0.3 is 9.88 Å². The van der Waals surface area contributed by atoms with E-state index in [1.807, 2.05) is 0 Å². The molecule has 9 nitrogen and oxygen atoms in total. The second-order valence-electron chi connectivity index (χ2n) is 8.83. The van der Waals surface area contributed by atoms with E-state index < -0.39 is 47.7 Å². The predicted octanol–water partition coefficient (Wildman–Crippen LogP) is 5.08. The minimum Gasteiger partial charge on any atom is -0.342 e. The molecule has 5 heterocycles. The van der Waals surface area contributed by atoms with Gasteiger partial charge in [-0.25, -0.2) is 14.4 Å². The molecule has 5 aromatic rings. The van der Waals surface area contributed by atoms with E-state index in [2.05, 4.69) is 30.6 Å². The minimum absolute atomic E-state index is 0.119. The van der Waals surface area contributed by atoms with E-state index in [0.717, 1.165) is 18.2 Å². The number of hydrogen-bond acceptors (Lipinski definition) is 6. The lowest BCUT2D eigenvalue weighted by molar-refractivity contribution is -0.174. The number of alkyl halides is 5. The summed E-state index contributed by atoms with van der Waals surface area (Å²) in [5, 5.41) is 14.2.